The summed E-state index contributed by atoms with van der Waals surface area (Å²) in [6.45, 7) is 4.21. The summed E-state index contributed by atoms with van der Waals surface area (Å²) in [5, 5.41) is 7.44. The lowest BCUT2D eigenvalue weighted by Crippen LogP contribution is -2.58. The number of amides is 5. The van der Waals surface area contributed by atoms with E-state index in [0.717, 1.165) is 51.4 Å². The number of fused-ring (bicyclic) bond motifs is 1. The van der Waals surface area contributed by atoms with E-state index in [9.17, 15) is 19.2 Å². The Labute approximate surface area is 206 Å². The second kappa shape index (κ2) is 11.1. The van der Waals surface area contributed by atoms with Crippen molar-refractivity contribution in [3.05, 3.63) is 11.5 Å². The summed E-state index contributed by atoms with van der Waals surface area (Å²) >= 11 is 1.39. The van der Waals surface area contributed by atoms with Gasteiger partial charge in [-0.2, -0.15) is 14.3 Å². The first-order valence-electron chi connectivity index (χ1n) is 12.7. The Morgan fingerprint density at radius 2 is 1.79 bits per heavy atom. The summed E-state index contributed by atoms with van der Waals surface area (Å²) in [6, 6.07) is -0.101. The molecule has 2 aliphatic carbocycles. The average Bonchev–Trinajstić information content (AvgIpc) is 3.30. The van der Waals surface area contributed by atoms with Crippen LogP contribution in [-0.4, -0.2) is 69.4 Å². The number of carbonyl (C=O) groups excluding carboxylic acids is 4. The molecule has 0 aromatic carbocycles. The predicted molar refractivity (Wildman–Crippen MR) is 132 cm³/mol. The third kappa shape index (κ3) is 5.73. The minimum atomic E-state index is -0.465. The van der Waals surface area contributed by atoms with Crippen molar-refractivity contribution in [2.45, 2.75) is 89.0 Å². The third-order valence-electron chi connectivity index (χ3n) is 7.35. The van der Waals surface area contributed by atoms with Crippen LogP contribution in [0.3, 0.4) is 0 Å². The molecule has 0 spiro atoms. The van der Waals surface area contributed by atoms with Gasteiger partial charge in [-0.3, -0.25) is 9.59 Å². The molecule has 5 amide bonds. The molecule has 2 saturated carbocycles. The maximum atomic E-state index is 13.4. The van der Waals surface area contributed by atoms with Gasteiger partial charge in [0.2, 0.25) is 5.91 Å². The number of hydrogen-bond acceptors (Lipinski definition) is 5. The smallest absolute Gasteiger partial charge is 0.354 e. The summed E-state index contributed by atoms with van der Waals surface area (Å²) in [5.74, 6) is -0.0847. The van der Waals surface area contributed by atoms with E-state index in [1.807, 2.05) is 19.3 Å². The molecule has 0 aromatic rings. The van der Waals surface area contributed by atoms with Gasteiger partial charge < -0.3 is 10.6 Å². The van der Waals surface area contributed by atoms with E-state index in [-0.39, 0.29) is 48.2 Å². The zero-order valence-corrected chi connectivity index (χ0v) is 21.1. The molecule has 0 bridgehead atoms. The third-order valence-corrected chi connectivity index (χ3v) is 8.36. The van der Waals surface area contributed by atoms with E-state index in [0.29, 0.717) is 12.3 Å². The zero-order chi connectivity index (χ0) is 24.2. The number of nitrogens with zero attached hydrogens (tertiary/aromatic N) is 2. The molecule has 9 heteroatoms. The normalized spacial score (nSPS) is 27.9. The van der Waals surface area contributed by atoms with E-state index in [1.165, 1.54) is 27.7 Å². The maximum absolute atomic E-state index is 13.4. The number of nitrogens with one attached hydrogen (secondary N) is 2. The van der Waals surface area contributed by atoms with Crippen LogP contribution < -0.4 is 10.6 Å². The molecule has 1 unspecified atom stereocenters. The van der Waals surface area contributed by atoms with E-state index < -0.39 is 11.3 Å². The lowest BCUT2D eigenvalue weighted by molar-refractivity contribution is -0.427. The van der Waals surface area contributed by atoms with Gasteiger partial charge in [0.1, 0.15) is 12.3 Å². The molecule has 0 aromatic heterocycles. The Bertz CT molecular complexity index is 885. The first-order valence-corrected chi connectivity index (χ1v) is 13.7. The number of urea groups is 1. The monoisotopic (exact) mass is 489 g/mol. The van der Waals surface area contributed by atoms with Crippen molar-refractivity contribution in [3.8, 4) is 0 Å². The summed E-state index contributed by atoms with van der Waals surface area (Å²) in [4.78, 5) is 53.0. The van der Waals surface area contributed by atoms with Gasteiger partial charge in [-0.05, 0) is 69.8 Å². The van der Waals surface area contributed by atoms with Gasteiger partial charge in [0.05, 0.1) is 0 Å². The molecule has 2 heterocycles. The van der Waals surface area contributed by atoms with Crippen LogP contribution in [0.15, 0.2) is 11.5 Å². The van der Waals surface area contributed by atoms with Crippen LogP contribution >= 0.6 is 11.8 Å². The molecule has 4 aliphatic rings. The number of allylic oxidation sites excluding steroid dienone is 1. The van der Waals surface area contributed by atoms with E-state index in [1.54, 1.807) is 6.08 Å². The molecule has 186 valence electrons. The second-order valence-corrected chi connectivity index (χ2v) is 11.4. The van der Waals surface area contributed by atoms with Crippen molar-refractivity contribution in [2.75, 3.05) is 13.1 Å². The molecular weight excluding hydrogens is 452 g/mol. The molecule has 0 saturated heterocycles. The van der Waals surface area contributed by atoms with Crippen LogP contribution in [0, 0.1) is 11.8 Å². The summed E-state index contributed by atoms with van der Waals surface area (Å²) in [6.07, 6.45) is 10.4. The highest BCUT2D eigenvalue weighted by Crippen LogP contribution is 2.32. The molecule has 0 radical (unpaired) electrons. The highest BCUT2D eigenvalue weighted by molar-refractivity contribution is 8.04. The molecule has 1 atom stereocenters. The molecule has 34 heavy (non-hydrogen) atoms. The van der Waals surface area contributed by atoms with Crippen LogP contribution in [0.1, 0.15) is 71.6 Å². The van der Waals surface area contributed by atoms with E-state index >= 15 is 0 Å². The minimum absolute atomic E-state index is 0.000846. The Morgan fingerprint density at radius 1 is 1.09 bits per heavy atom. The first-order chi connectivity index (χ1) is 16.3. The molecule has 2 aliphatic heterocycles. The molecule has 4 rings (SSSR count). The van der Waals surface area contributed by atoms with Gasteiger partial charge in [0, 0.05) is 18.0 Å². The molecule has 2 N–H and O–H groups in total. The van der Waals surface area contributed by atoms with Gasteiger partial charge >= 0.3 is 11.9 Å². The molecular formula is C25H37N4O4S+. The minimum Gasteiger partial charge on any atom is -0.354 e. The van der Waals surface area contributed by atoms with Crippen molar-refractivity contribution in [2.24, 2.45) is 11.8 Å². The Kier molecular flexibility index (Phi) is 8.11. The van der Waals surface area contributed by atoms with Crippen LogP contribution in [0.4, 0.5) is 4.79 Å². The summed E-state index contributed by atoms with van der Waals surface area (Å²) in [5.41, 5.74) is 0.615. The first kappa shape index (κ1) is 24.9. The number of rotatable bonds is 7. The van der Waals surface area contributed by atoms with Gasteiger partial charge in [0.15, 0.2) is 11.8 Å². The standard InChI is InChI=1S/C25H36N4O4S/c1-16(2)26-23(31)18-10-8-17(9-11-18)14-29-24(32)22-20(12-13-34-22)28(25(29)33)15-21(30)27-19-6-4-3-5-7-19/h12-13,16-19,22H,3-11,14-15H2,1-2H3,(H-,26,27,30,31)/p+1. The van der Waals surface area contributed by atoms with Crippen molar-refractivity contribution in [1.82, 2.24) is 15.5 Å². The highest BCUT2D eigenvalue weighted by atomic mass is 32.2. The van der Waals surface area contributed by atoms with Crippen LogP contribution in [-0.2, 0) is 14.4 Å². The quantitative estimate of drug-likeness (QED) is 0.536. The average molecular weight is 490 g/mol. The largest absolute Gasteiger partial charge is 0.501 e. The number of carbonyl (C=O) groups is 4. The summed E-state index contributed by atoms with van der Waals surface area (Å²) < 4.78 is 1.49. The lowest BCUT2D eigenvalue weighted by Gasteiger charge is -2.31. The summed E-state index contributed by atoms with van der Waals surface area (Å²) in [7, 11) is 0. The fourth-order valence-corrected chi connectivity index (χ4v) is 6.48. The number of imide groups is 1. The van der Waals surface area contributed by atoms with Crippen molar-refractivity contribution in [1.29, 1.82) is 0 Å². The van der Waals surface area contributed by atoms with Gasteiger partial charge in [-0.1, -0.05) is 19.3 Å². The Morgan fingerprint density at radius 3 is 2.47 bits per heavy atom. The topological polar surface area (TPSA) is 98.6 Å². The highest BCUT2D eigenvalue weighted by Gasteiger charge is 2.50. The van der Waals surface area contributed by atoms with Crippen molar-refractivity contribution in [3.63, 3.8) is 0 Å². The zero-order valence-electron chi connectivity index (χ0n) is 20.3. The number of thioether (sulfide) groups is 1. The molecule has 2 fully saturated rings. The second-order valence-electron chi connectivity index (χ2n) is 10.3. The lowest BCUT2D eigenvalue weighted by atomic mass is 9.81. The van der Waals surface area contributed by atoms with E-state index in [2.05, 4.69) is 10.6 Å². The fraction of sp³-hybridized carbons (Fsp3) is 0.720. The van der Waals surface area contributed by atoms with Gasteiger partial charge in [0.25, 0.3) is 5.91 Å². The van der Waals surface area contributed by atoms with Gasteiger partial charge in [-0.15, -0.1) is 11.8 Å². The SMILES string of the molecule is CC(C)NC(=O)C1CCC(CN2C(=O)C3SC=CC3=[N+](CC(=O)NC3CCCCC3)C2=O)CC1. The Balaban J connectivity index is 1.38. The molecule has 8 nitrogen and oxygen atoms in total. The Hall–Kier alpha value is -2.16. The van der Waals surface area contributed by atoms with Crippen molar-refractivity contribution >= 4 is 41.2 Å². The van der Waals surface area contributed by atoms with Crippen molar-refractivity contribution < 1.29 is 23.8 Å². The van der Waals surface area contributed by atoms with Crippen LogP contribution in [0.2, 0.25) is 0 Å². The number of hydrogen-bond donors (Lipinski definition) is 2. The predicted octanol–water partition coefficient (Wildman–Crippen LogP) is 2.81. The van der Waals surface area contributed by atoms with Crippen LogP contribution in [0.5, 0.6) is 0 Å². The van der Waals surface area contributed by atoms with Gasteiger partial charge in [-0.25, -0.2) is 4.79 Å². The fourth-order valence-electron chi connectivity index (χ4n) is 5.51. The maximum Gasteiger partial charge on any atom is 0.501 e. The van der Waals surface area contributed by atoms with E-state index in [4.69, 9.17) is 0 Å². The van der Waals surface area contributed by atoms with Crippen LogP contribution in [0.25, 0.3) is 0 Å².